The molecule has 7 heteroatoms. The van der Waals surface area contributed by atoms with E-state index in [-0.39, 0.29) is 23.9 Å². The lowest BCUT2D eigenvalue weighted by molar-refractivity contribution is 0.0684. The highest BCUT2D eigenvalue weighted by Crippen LogP contribution is 2.48. The Kier molecular flexibility index (Phi) is 5.52. The molecule has 5 rings (SSSR count). The lowest BCUT2D eigenvalue weighted by Gasteiger charge is -2.27. The first kappa shape index (κ1) is 21.8. The van der Waals surface area contributed by atoms with Gasteiger partial charge < -0.3 is 10.2 Å². The van der Waals surface area contributed by atoms with Crippen molar-refractivity contribution in [1.29, 1.82) is 0 Å². The van der Waals surface area contributed by atoms with Crippen LogP contribution in [-0.2, 0) is 0 Å². The molecule has 1 saturated carbocycles. The normalized spacial score (nSPS) is 21.1. The van der Waals surface area contributed by atoms with Crippen LogP contribution in [0.4, 0.5) is 4.39 Å². The standard InChI is InChI=1S/C26H26FN3O2S/c1-14-6-4-7-17(10-14)24-23(29-16(3)33-24)26(32)30-19(11-18-12-22(18)30)13-28-25(31)20-8-5-9-21(27)15(20)2/h4-10,18-19,22H,11-13H2,1-3H3,(H,28,31)/t18-,19-,22-/m0/s1. The number of likely N-dealkylation sites (tertiary alicyclic amines) is 1. The molecule has 0 spiro atoms. The molecule has 1 saturated heterocycles. The van der Waals surface area contributed by atoms with Crippen molar-refractivity contribution in [3.05, 3.63) is 75.7 Å². The van der Waals surface area contributed by atoms with Gasteiger partial charge in [0.15, 0.2) is 0 Å². The first-order valence-corrected chi connectivity index (χ1v) is 12.1. The van der Waals surface area contributed by atoms with Crippen molar-refractivity contribution in [3.63, 3.8) is 0 Å². The monoisotopic (exact) mass is 463 g/mol. The molecule has 2 amide bonds. The third-order valence-corrected chi connectivity index (χ3v) is 7.69. The number of carbonyl (C=O) groups is 2. The minimum atomic E-state index is -0.399. The van der Waals surface area contributed by atoms with Crippen molar-refractivity contribution in [2.24, 2.45) is 5.92 Å². The number of aromatic nitrogens is 1. The summed E-state index contributed by atoms with van der Waals surface area (Å²) in [7, 11) is 0. The topological polar surface area (TPSA) is 62.3 Å². The molecule has 0 unspecified atom stereocenters. The lowest BCUT2D eigenvalue weighted by atomic mass is 10.1. The second-order valence-electron chi connectivity index (χ2n) is 9.07. The molecular weight excluding hydrogens is 437 g/mol. The number of benzene rings is 2. The smallest absolute Gasteiger partial charge is 0.274 e. The van der Waals surface area contributed by atoms with Crippen LogP contribution in [0, 0.1) is 32.5 Å². The number of halogens is 1. The summed E-state index contributed by atoms with van der Waals surface area (Å²) in [5.74, 6) is -0.301. The minimum absolute atomic E-state index is 0.0676. The van der Waals surface area contributed by atoms with Gasteiger partial charge in [-0.25, -0.2) is 9.37 Å². The van der Waals surface area contributed by atoms with Gasteiger partial charge in [0.1, 0.15) is 11.5 Å². The van der Waals surface area contributed by atoms with E-state index in [0.29, 0.717) is 29.3 Å². The summed E-state index contributed by atoms with van der Waals surface area (Å²) in [4.78, 5) is 33.8. The van der Waals surface area contributed by atoms with Crippen molar-refractivity contribution in [2.45, 2.75) is 45.7 Å². The Labute approximate surface area is 196 Å². The number of carbonyl (C=O) groups excluding carboxylic acids is 2. The van der Waals surface area contributed by atoms with Crippen LogP contribution < -0.4 is 5.32 Å². The predicted octanol–water partition coefficient (Wildman–Crippen LogP) is 4.91. The Morgan fingerprint density at radius 1 is 1.15 bits per heavy atom. The Balaban J connectivity index is 1.36. The number of piperidine rings is 1. The van der Waals surface area contributed by atoms with Crippen molar-refractivity contribution >= 4 is 23.2 Å². The van der Waals surface area contributed by atoms with Crippen LogP contribution in [0.25, 0.3) is 10.4 Å². The van der Waals surface area contributed by atoms with E-state index in [1.54, 1.807) is 13.0 Å². The lowest BCUT2D eigenvalue weighted by Crippen LogP contribution is -2.45. The molecule has 2 aliphatic rings. The predicted molar refractivity (Wildman–Crippen MR) is 127 cm³/mol. The van der Waals surface area contributed by atoms with Gasteiger partial charge in [-0.3, -0.25) is 9.59 Å². The van der Waals surface area contributed by atoms with Crippen LogP contribution in [0.3, 0.4) is 0 Å². The van der Waals surface area contributed by atoms with Crippen LogP contribution in [0.15, 0.2) is 42.5 Å². The zero-order valence-electron chi connectivity index (χ0n) is 18.9. The van der Waals surface area contributed by atoms with E-state index in [1.165, 1.54) is 23.5 Å². The molecule has 3 aromatic rings. The highest BCUT2D eigenvalue weighted by atomic mass is 32.1. The van der Waals surface area contributed by atoms with Gasteiger partial charge in [-0.2, -0.15) is 0 Å². The summed E-state index contributed by atoms with van der Waals surface area (Å²) in [5.41, 5.74) is 3.29. The average Bonchev–Trinajstić information content (AvgIpc) is 3.27. The summed E-state index contributed by atoms with van der Waals surface area (Å²) < 4.78 is 13.9. The Morgan fingerprint density at radius 3 is 2.73 bits per heavy atom. The Hall–Kier alpha value is -3.06. The van der Waals surface area contributed by atoms with Gasteiger partial charge in [0.25, 0.3) is 11.8 Å². The van der Waals surface area contributed by atoms with E-state index in [0.717, 1.165) is 33.9 Å². The number of nitrogens with one attached hydrogen (secondary N) is 1. The van der Waals surface area contributed by atoms with E-state index in [2.05, 4.69) is 16.4 Å². The quantitative estimate of drug-likeness (QED) is 0.585. The molecule has 0 radical (unpaired) electrons. The van der Waals surface area contributed by atoms with E-state index in [1.807, 2.05) is 36.9 Å². The maximum Gasteiger partial charge on any atom is 0.274 e. The number of amides is 2. The highest BCUT2D eigenvalue weighted by molar-refractivity contribution is 7.15. The molecule has 1 aromatic heterocycles. The van der Waals surface area contributed by atoms with Gasteiger partial charge in [0, 0.05) is 18.2 Å². The first-order chi connectivity index (χ1) is 15.8. The molecule has 33 heavy (non-hydrogen) atoms. The third-order valence-electron chi connectivity index (χ3n) is 6.67. The van der Waals surface area contributed by atoms with Crippen LogP contribution >= 0.6 is 11.3 Å². The maximum absolute atomic E-state index is 13.9. The molecule has 0 bridgehead atoms. The summed E-state index contributed by atoms with van der Waals surface area (Å²) in [6.45, 7) is 5.90. The van der Waals surface area contributed by atoms with Crippen molar-refractivity contribution < 1.29 is 14.0 Å². The van der Waals surface area contributed by atoms with Gasteiger partial charge in [0.05, 0.1) is 15.9 Å². The average molecular weight is 464 g/mol. The molecule has 2 heterocycles. The number of aryl methyl sites for hydroxylation is 2. The Morgan fingerprint density at radius 2 is 1.94 bits per heavy atom. The van der Waals surface area contributed by atoms with Crippen LogP contribution in [-0.4, -0.2) is 40.3 Å². The van der Waals surface area contributed by atoms with Gasteiger partial charge in [-0.15, -0.1) is 11.3 Å². The Bertz CT molecular complexity index is 1250. The SMILES string of the molecule is Cc1cccc(-c2sc(C)nc2C(=O)N2[C@H](CNC(=O)c3cccc(F)c3C)C[C@H]3C[C@@H]32)c1. The minimum Gasteiger partial charge on any atom is -0.350 e. The molecule has 3 atom stereocenters. The molecule has 5 nitrogen and oxygen atoms in total. The molecule has 1 N–H and O–H groups in total. The molecule has 2 fully saturated rings. The van der Waals surface area contributed by atoms with Gasteiger partial charge in [-0.1, -0.05) is 35.9 Å². The van der Waals surface area contributed by atoms with Crippen molar-refractivity contribution in [3.8, 4) is 10.4 Å². The number of hydrogen-bond donors (Lipinski definition) is 1. The second kappa shape index (κ2) is 8.37. The highest BCUT2D eigenvalue weighted by Gasteiger charge is 2.54. The number of thiazole rings is 1. The van der Waals surface area contributed by atoms with Crippen molar-refractivity contribution in [1.82, 2.24) is 15.2 Å². The number of hydrogen-bond acceptors (Lipinski definition) is 4. The van der Waals surface area contributed by atoms with Crippen LogP contribution in [0.5, 0.6) is 0 Å². The van der Waals surface area contributed by atoms with Gasteiger partial charge in [-0.05, 0) is 62.8 Å². The fourth-order valence-corrected chi connectivity index (χ4v) is 5.80. The van der Waals surface area contributed by atoms with E-state index in [9.17, 15) is 14.0 Å². The fraction of sp³-hybridized carbons (Fsp3) is 0.346. The number of rotatable bonds is 5. The van der Waals surface area contributed by atoms with E-state index < -0.39 is 5.82 Å². The zero-order chi connectivity index (χ0) is 23.3. The summed E-state index contributed by atoms with van der Waals surface area (Å²) in [5, 5.41) is 3.78. The molecule has 2 aromatic carbocycles. The molecule has 170 valence electrons. The second-order valence-corrected chi connectivity index (χ2v) is 10.3. The van der Waals surface area contributed by atoms with Crippen molar-refractivity contribution in [2.75, 3.05) is 6.54 Å². The largest absolute Gasteiger partial charge is 0.350 e. The molecule has 1 aliphatic carbocycles. The fourth-order valence-electron chi connectivity index (χ4n) is 4.89. The first-order valence-electron chi connectivity index (χ1n) is 11.2. The van der Waals surface area contributed by atoms with Gasteiger partial charge in [0.2, 0.25) is 0 Å². The maximum atomic E-state index is 13.9. The van der Waals surface area contributed by atoms with Crippen LogP contribution in [0.1, 0.15) is 49.8 Å². The number of fused-ring (bicyclic) bond motifs is 1. The van der Waals surface area contributed by atoms with Gasteiger partial charge >= 0.3 is 0 Å². The zero-order valence-corrected chi connectivity index (χ0v) is 19.7. The number of nitrogens with zero attached hydrogens (tertiary/aromatic N) is 2. The van der Waals surface area contributed by atoms with Crippen LogP contribution in [0.2, 0.25) is 0 Å². The molecular formula is C26H26FN3O2S. The summed E-state index contributed by atoms with van der Waals surface area (Å²) >= 11 is 1.53. The third kappa shape index (κ3) is 4.06. The van der Waals surface area contributed by atoms with E-state index >= 15 is 0 Å². The summed E-state index contributed by atoms with van der Waals surface area (Å²) in [6, 6.07) is 12.7. The summed E-state index contributed by atoms with van der Waals surface area (Å²) in [6.07, 6.45) is 1.86. The molecule has 1 aliphatic heterocycles. The van der Waals surface area contributed by atoms with E-state index in [4.69, 9.17) is 0 Å².